The summed E-state index contributed by atoms with van der Waals surface area (Å²) < 4.78 is 22.6. The van der Waals surface area contributed by atoms with Crippen LogP contribution < -0.4 is 10.5 Å². The Morgan fingerprint density at radius 3 is 2.52 bits per heavy atom. The Morgan fingerprint density at radius 1 is 1.24 bits per heavy atom. The van der Waals surface area contributed by atoms with E-state index in [2.05, 4.69) is 15.2 Å². The van der Waals surface area contributed by atoms with Gasteiger partial charge in [0, 0.05) is 26.7 Å². The summed E-state index contributed by atoms with van der Waals surface area (Å²) in [5, 5.41) is 8.57. The second kappa shape index (κ2) is 7.33. The number of aliphatic imine (C=N–C) groups is 1. The highest BCUT2D eigenvalue weighted by Gasteiger charge is 2.40. The molecular weight excluding hydrogens is 336 g/mol. The van der Waals surface area contributed by atoms with Crippen molar-refractivity contribution in [1.82, 2.24) is 10.2 Å². The van der Waals surface area contributed by atoms with Crippen molar-refractivity contribution in [2.45, 2.75) is 43.4 Å². The van der Waals surface area contributed by atoms with E-state index < -0.39 is 10.0 Å². The van der Waals surface area contributed by atoms with Crippen LogP contribution in [0.15, 0.2) is 34.2 Å². The zero-order valence-corrected chi connectivity index (χ0v) is 15.7. The molecule has 1 heterocycles. The van der Waals surface area contributed by atoms with Gasteiger partial charge in [0.25, 0.3) is 0 Å². The summed E-state index contributed by atoms with van der Waals surface area (Å²) in [5.41, 5.74) is 1.60. The fourth-order valence-electron chi connectivity index (χ4n) is 4.15. The molecule has 0 radical (unpaired) electrons. The van der Waals surface area contributed by atoms with Gasteiger partial charge in [-0.2, -0.15) is 0 Å². The molecule has 3 rings (SSSR count). The third kappa shape index (κ3) is 4.33. The van der Waals surface area contributed by atoms with Crippen molar-refractivity contribution in [3.8, 4) is 0 Å². The topological polar surface area (TPSA) is 87.8 Å². The SMILES string of the molecule is CN=C(NCCc1ccc(S(N)(=O)=O)cc1)N1CCC2(CCCC2)C1. The highest BCUT2D eigenvalue weighted by molar-refractivity contribution is 7.89. The van der Waals surface area contributed by atoms with E-state index in [1.165, 1.54) is 32.1 Å². The lowest BCUT2D eigenvalue weighted by Gasteiger charge is -2.26. The molecule has 1 aliphatic carbocycles. The largest absolute Gasteiger partial charge is 0.356 e. The molecule has 3 N–H and O–H groups in total. The number of sulfonamides is 1. The van der Waals surface area contributed by atoms with Crippen molar-refractivity contribution in [2.75, 3.05) is 26.7 Å². The predicted octanol–water partition coefficient (Wildman–Crippen LogP) is 1.72. The predicted molar refractivity (Wildman–Crippen MR) is 100.0 cm³/mol. The Labute approximate surface area is 150 Å². The second-order valence-corrected chi connectivity index (χ2v) is 8.85. The third-order valence-corrected chi connectivity index (χ3v) is 6.49. The van der Waals surface area contributed by atoms with Gasteiger partial charge in [-0.15, -0.1) is 0 Å². The van der Waals surface area contributed by atoms with Crippen LogP contribution in [-0.2, 0) is 16.4 Å². The average Bonchev–Trinajstić information content (AvgIpc) is 3.22. The summed E-state index contributed by atoms with van der Waals surface area (Å²) in [4.78, 5) is 6.97. The Morgan fingerprint density at radius 2 is 1.92 bits per heavy atom. The molecule has 1 aliphatic heterocycles. The molecule has 6 nitrogen and oxygen atoms in total. The number of nitrogens with zero attached hydrogens (tertiary/aromatic N) is 2. The molecule has 1 saturated carbocycles. The van der Waals surface area contributed by atoms with Gasteiger partial charge in [-0.1, -0.05) is 25.0 Å². The van der Waals surface area contributed by atoms with Crippen LogP contribution in [0, 0.1) is 5.41 Å². The van der Waals surface area contributed by atoms with Crippen molar-refractivity contribution in [2.24, 2.45) is 15.5 Å². The smallest absolute Gasteiger partial charge is 0.238 e. The molecular formula is C18H28N4O2S. The Hall–Kier alpha value is -1.60. The van der Waals surface area contributed by atoms with Crippen LogP contribution in [-0.4, -0.2) is 46.0 Å². The monoisotopic (exact) mass is 364 g/mol. The normalized spacial score (nSPS) is 20.4. The Kier molecular flexibility index (Phi) is 5.34. The van der Waals surface area contributed by atoms with Crippen LogP contribution >= 0.6 is 0 Å². The third-order valence-electron chi connectivity index (χ3n) is 5.56. The van der Waals surface area contributed by atoms with Gasteiger partial charge < -0.3 is 10.2 Å². The Balaban J connectivity index is 1.51. The molecule has 138 valence electrons. The molecule has 0 aromatic heterocycles. The fourth-order valence-corrected chi connectivity index (χ4v) is 4.66. The van der Waals surface area contributed by atoms with E-state index in [9.17, 15) is 8.42 Å². The number of hydrogen-bond acceptors (Lipinski definition) is 3. The summed E-state index contributed by atoms with van der Waals surface area (Å²) in [6.45, 7) is 2.98. The molecule has 25 heavy (non-hydrogen) atoms. The molecule has 1 aromatic carbocycles. The minimum Gasteiger partial charge on any atom is -0.356 e. The van der Waals surface area contributed by atoms with E-state index in [0.717, 1.165) is 37.6 Å². The van der Waals surface area contributed by atoms with E-state index in [1.54, 1.807) is 12.1 Å². The van der Waals surface area contributed by atoms with Gasteiger partial charge >= 0.3 is 0 Å². The molecule has 1 spiro atoms. The molecule has 0 atom stereocenters. The molecule has 7 heteroatoms. The zero-order chi connectivity index (χ0) is 17.9. The van der Waals surface area contributed by atoms with E-state index in [-0.39, 0.29) is 4.90 Å². The standard InChI is InChI=1S/C18H28N4O2S/c1-20-17(22-13-11-18(14-22)9-2-3-10-18)21-12-8-15-4-6-16(7-5-15)25(19,23)24/h4-7H,2-3,8-14H2,1H3,(H,20,21)(H2,19,23,24). The van der Waals surface area contributed by atoms with Crippen molar-refractivity contribution in [3.63, 3.8) is 0 Å². The minimum absolute atomic E-state index is 0.152. The molecule has 2 aliphatic rings. The Bertz CT molecular complexity index is 722. The van der Waals surface area contributed by atoms with Gasteiger partial charge in [0.05, 0.1) is 4.90 Å². The summed E-state index contributed by atoms with van der Waals surface area (Å²) in [5.74, 6) is 0.977. The van der Waals surface area contributed by atoms with Gasteiger partial charge in [-0.25, -0.2) is 13.6 Å². The number of guanidine groups is 1. The first-order valence-corrected chi connectivity index (χ1v) is 10.5. The molecule has 0 amide bonds. The lowest BCUT2D eigenvalue weighted by Crippen LogP contribution is -2.41. The molecule has 0 bridgehead atoms. The van der Waals surface area contributed by atoms with E-state index >= 15 is 0 Å². The number of primary sulfonamides is 1. The number of benzene rings is 1. The van der Waals surface area contributed by atoms with Gasteiger partial charge in [0.2, 0.25) is 10.0 Å². The molecule has 2 fully saturated rings. The van der Waals surface area contributed by atoms with Gasteiger partial charge in [0.15, 0.2) is 5.96 Å². The summed E-state index contributed by atoms with van der Waals surface area (Å²) in [6.07, 6.45) is 7.54. The van der Waals surface area contributed by atoms with E-state index in [0.29, 0.717) is 5.41 Å². The van der Waals surface area contributed by atoms with Crippen LogP contribution in [0.25, 0.3) is 0 Å². The van der Waals surface area contributed by atoms with Crippen molar-refractivity contribution >= 4 is 16.0 Å². The number of rotatable bonds is 4. The van der Waals surface area contributed by atoms with Crippen LogP contribution in [0.5, 0.6) is 0 Å². The van der Waals surface area contributed by atoms with Crippen molar-refractivity contribution < 1.29 is 8.42 Å². The van der Waals surface area contributed by atoms with Crippen LogP contribution in [0.3, 0.4) is 0 Å². The summed E-state index contributed by atoms with van der Waals surface area (Å²) in [6, 6.07) is 6.74. The zero-order valence-electron chi connectivity index (χ0n) is 14.9. The van der Waals surface area contributed by atoms with Gasteiger partial charge in [0.1, 0.15) is 0 Å². The highest BCUT2D eigenvalue weighted by atomic mass is 32.2. The first-order chi connectivity index (χ1) is 11.9. The molecule has 1 aromatic rings. The van der Waals surface area contributed by atoms with Crippen LogP contribution in [0.4, 0.5) is 0 Å². The maximum Gasteiger partial charge on any atom is 0.238 e. The maximum atomic E-state index is 11.3. The summed E-state index contributed by atoms with van der Waals surface area (Å²) in [7, 11) is -1.78. The van der Waals surface area contributed by atoms with Crippen molar-refractivity contribution in [1.29, 1.82) is 0 Å². The number of nitrogens with two attached hydrogens (primary N) is 1. The maximum absolute atomic E-state index is 11.3. The van der Waals surface area contributed by atoms with Gasteiger partial charge in [-0.05, 0) is 48.8 Å². The average molecular weight is 365 g/mol. The molecule has 1 saturated heterocycles. The second-order valence-electron chi connectivity index (χ2n) is 7.29. The van der Waals surface area contributed by atoms with Crippen molar-refractivity contribution in [3.05, 3.63) is 29.8 Å². The summed E-state index contributed by atoms with van der Waals surface area (Å²) >= 11 is 0. The van der Waals surface area contributed by atoms with Crippen LogP contribution in [0.2, 0.25) is 0 Å². The lowest BCUT2D eigenvalue weighted by molar-refractivity contribution is 0.309. The first-order valence-electron chi connectivity index (χ1n) is 8.99. The fraction of sp³-hybridized carbons (Fsp3) is 0.611. The highest BCUT2D eigenvalue weighted by Crippen LogP contribution is 2.45. The van der Waals surface area contributed by atoms with E-state index in [4.69, 9.17) is 5.14 Å². The number of nitrogens with one attached hydrogen (secondary N) is 1. The number of likely N-dealkylation sites (tertiary alicyclic amines) is 1. The lowest BCUT2D eigenvalue weighted by atomic mass is 9.86. The van der Waals surface area contributed by atoms with Gasteiger partial charge in [-0.3, -0.25) is 4.99 Å². The first kappa shape index (κ1) is 18.2. The minimum atomic E-state index is -3.62. The van der Waals surface area contributed by atoms with E-state index in [1.807, 2.05) is 19.2 Å². The quantitative estimate of drug-likeness (QED) is 0.629. The molecule has 0 unspecified atom stereocenters. The number of hydrogen-bond donors (Lipinski definition) is 2. The van der Waals surface area contributed by atoms with Crippen LogP contribution in [0.1, 0.15) is 37.7 Å².